The van der Waals surface area contributed by atoms with Crippen molar-refractivity contribution in [2.45, 2.75) is 39.8 Å². The molecule has 3 N–H and O–H groups in total. The molecule has 0 saturated heterocycles. The van der Waals surface area contributed by atoms with Crippen LogP contribution in [0, 0.1) is 12.8 Å². The molecule has 0 aliphatic rings. The van der Waals surface area contributed by atoms with Gasteiger partial charge in [-0.3, -0.25) is 9.97 Å². The number of carbonyl (C=O) groups is 2. The van der Waals surface area contributed by atoms with Gasteiger partial charge in [0, 0.05) is 6.20 Å². The molecule has 0 bridgehead atoms. The van der Waals surface area contributed by atoms with Crippen LogP contribution in [0.5, 0.6) is 0 Å². The molecular formula is C13H20N4O3. The van der Waals surface area contributed by atoms with E-state index in [1.54, 1.807) is 19.3 Å². The van der Waals surface area contributed by atoms with Gasteiger partial charge in [0.05, 0.1) is 24.1 Å². The minimum absolute atomic E-state index is 0.141. The molecule has 20 heavy (non-hydrogen) atoms. The molecule has 0 fully saturated rings. The van der Waals surface area contributed by atoms with E-state index in [1.807, 2.05) is 13.8 Å². The minimum Gasteiger partial charge on any atom is -0.480 e. The van der Waals surface area contributed by atoms with Crippen LogP contribution in [0.15, 0.2) is 12.4 Å². The number of amides is 2. The molecule has 0 unspecified atom stereocenters. The number of carbonyl (C=O) groups excluding carboxylic acids is 1. The van der Waals surface area contributed by atoms with E-state index in [0.29, 0.717) is 12.1 Å². The summed E-state index contributed by atoms with van der Waals surface area (Å²) in [5.41, 5.74) is 1.40. The smallest absolute Gasteiger partial charge is 0.326 e. The van der Waals surface area contributed by atoms with E-state index in [-0.39, 0.29) is 12.5 Å². The summed E-state index contributed by atoms with van der Waals surface area (Å²) in [6.45, 7) is 5.68. The molecule has 7 nitrogen and oxygen atoms in total. The molecule has 0 radical (unpaired) electrons. The Hall–Kier alpha value is -2.18. The van der Waals surface area contributed by atoms with Gasteiger partial charge < -0.3 is 15.7 Å². The normalized spacial score (nSPS) is 13.3. The average Bonchev–Trinajstić information content (AvgIpc) is 2.43. The third-order valence-corrected chi connectivity index (χ3v) is 3.03. The van der Waals surface area contributed by atoms with E-state index >= 15 is 0 Å². The fourth-order valence-corrected chi connectivity index (χ4v) is 1.56. The van der Waals surface area contributed by atoms with Gasteiger partial charge in [-0.2, -0.15) is 0 Å². The van der Waals surface area contributed by atoms with Crippen molar-refractivity contribution in [3.05, 3.63) is 23.8 Å². The molecule has 2 amide bonds. The van der Waals surface area contributed by atoms with Crippen LogP contribution in [-0.2, 0) is 11.3 Å². The zero-order valence-corrected chi connectivity index (χ0v) is 11.9. The van der Waals surface area contributed by atoms with Crippen LogP contribution in [0.2, 0.25) is 0 Å². The number of nitrogens with zero attached hydrogens (tertiary/aromatic N) is 2. The Kier molecular flexibility index (Phi) is 5.89. The predicted octanol–water partition coefficient (Wildman–Crippen LogP) is 1.08. The van der Waals surface area contributed by atoms with Gasteiger partial charge in [0.1, 0.15) is 6.04 Å². The van der Waals surface area contributed by atoms with Crippen molar-refractivity contribution in [1.82, 2.24) is 20.6 Å². The highest BCUT2D eigenvalue weighted by Gasteiger charge is 2.25. The molecule has 1 aromatic rings. The van der Waals surface area contributed by atoms with Crippen LogP contribution >= 0.6 is 0 Å². The summed E-state index contributed by atoms with van der Waals surface area (Å²) < 4.78 is 0. The topological polar surface area (TPSA) is 104 Å². The van der Waals surface area contributed by atoms with Gasteiger partial charge in [0.25, 0.3) is 0 Å². The molecule has 1 heterocycles. The zero-order valence-electron chi connectivity index (χ0n) is 11.9. The van der Waals surface area contributed by atoms with Gasteiger partial charge in [-0.15, -0.1) is 0 Å². The summed E-state index contributed by atoms with van der Waals surface area (Å²) in [6, 6.07) is -1.43. The Morgan fingerprint density at radius 1 is 1.35 bits per heavy atom. The summed E-state index contributed by atoms with van der Waals surface area (Å²) in [4.78, 5) is 30.9. The van der Waals surface area contributed by atoms with E-state index in [0.717, 1.165) is 5.69 Å². The van der Waals surface area contributed by atoms with Crippen LogP contribution in [0.1, 0.15) is 31.7 Å². The number of carboxylic acid groups (broad SMARTS) is 1. The molecule has 2 atom stereocenters. The van der Waals surface area contributed by atoms with Gasteiger partial charge in [0.15, 0.2) is 0 Å². The van der Waals surface area contributed by atoms with Crippen molar-refractivity contribution >= 4 is 12.0 Å². The molecule has 1 aromatic heterocycles. The van der Waals surface area contributed by atoms with Crippen LogP contribution in [-0.4, -0.2) is 33.1 Å². The summed E-state index contributed by atoms with van der Waals surface area (Å²) in [5, 5.41) is 14.1. The predicted molar refractivity (Wildman–Crippen MR) is 73.0 cm³/mol. The average molecular weight is 280 g/mol. The van der Waals surface area contributed by atoms with Crippen molar-refractivity contribution in [2.75, 3.05) is 0 Å². The van der Waals surface area contributed by atoms with Gasteiger partial charge in [-0.05, 0) is 12.8 Å². The van der Waals surface area contributed by atoms with Crippen molar-refractivity contribution in [3.8, 4) is 0 Å². The first kappa shape index (κ1) is 15.9. The fraction of sp³-hybridized carbons (Fsp3) is 0.538. The number of carboxylic acids is 1. The zero-order chi connectivity index (χ0) is 15.1. The first-order valence-corrected chi connectivity index (χ1v) is 6.48. The molecule has 0 aromatic carbocycles. The molecular weight excluding hydrogens is 260 g/mol. The van der Waals surface area contributed by atoms with E-state index in [4.69, 9.17) is 5.11 Å². The Morgan fingerprint density at radius 2 is 2.05 bits per heavy atom. The molecule has 0 aliphatic heterocycles. The SMILES string of the molecule is CC[C@H](C)[C@H](NC(=O)NCc1cnc(C)cn1)C(=O)O. The second-order valence-electron chi connectivity index (χ2n) is 4.68. The second-order valence-corrected chi connectivity index (χ2v) is 4.68. The van der Waals surface area contributed by atoms with E-state index in [1.165, 1.54) is 0 Å². The highest BCUT2D eigenvalue weighted by Crippen LogP contribution is 2.07. The molecule has 0 aliphatic carbocycles. The fourth-order valence-electron chi connectivity index (χ4n) is 1.56. The van der Waals surface area contributed by atoms with Crippen LogP contribution in [0.4, 0.5) is 4.79 Å². The maximum absolute atomic E-state index is 11.7. The highest BCUT2D eigenvalue weighted by molar-refractivity contribution is 5.82. The maximum atomic E-state index is 11.7. The van der Waals surface area contributed by atoms with E-state index in [2.05, 4.69) is 20.6 Å². The summed E-state index contributed by atoms with van der Waals surface area (Å²) >= 11 is 0. The number of urea groups is 1. The van der Waals surface area contributed by atoms with Gasteiger partial charge >= 0.3 is 12.0 Å². The molecule has 0 spiro atoms. The third-order valence-electron chi connectivity index (χ3n) is 3.03. The molecule has 1 rings (SSSR count). The summed E-state index contributed by atoms with van der Waals surface area (Å²) in [6.07, 6.45) is 3.84. The van der Waals surface area contributed by atoms with Crippen molar-refractivity contribution in [3.63, 3.8) is 0 Å². The number of aliphatic carboxylic acids is 1. The summed E-state index contributed by atoms with van der Waals surface area (Å²) in [7, 11) is 0. The Balaban J connectivity index is 2.49. The lowest BCUT2D eigenvalue weighted by atomic mass is 9.99. The van der Waals surface area contributed by atoms with Gasteiger partial charge in [0.2, 0.25) is 0 Å². The lowest BCUT2D eigenvalue weighted by Crippen LogP contribution is -2.48. The first-order chi connectivity index (χ1) is 9.43. The lowest BCUT2D eigenvalue weighted by Gasteiger charge is -2.20. The second kappa shape index (κ2) is 7.42. The summed E-state index contributed by atoms with van der Waals surface area (Å²) in [5.74, 6) is -1.18. The lowest BCUT2D eigenvalue weighted by molar-refractivity contribution is -0.140. The van der Waals surface area contributed by atoms with E-state index in [9.17, 15) is 9.59 Å². The third kappa shape index (κ3) is 4.83. The van der Waals surface area contributed by atoms with Crippen molar-refractivity contribution < 1.29 is 14.7 Å². The van der Waals surface area contributed by atoms with Gasteiger partial charge in [-0.1, -0.05) is 20.3 Å². The Bertz CT molecular complexity index is 461. The van der Waals surface area contributed by atoms with Crippen LogP contribution < -0.4 is 10.6 Å². The van der Waals surface area contributed by atoms with E-state index < -0.39 is 18.0 Å². The van der Waals surface area contributed by atoms with Crippen molar-refractivity contribution in [2.24, 2.45) is 5.92 Å². The van der Waals surface area contributed by atoms with Crippen molar-refractivity contribution in [1.29, 1.82) is 0 Å². The van der Waals surface area contributed by atoms with Gasteiger partial charge in [-0.25, -0.2) is 9.59 Å². The highest BCUT2D eigenvalue weighted by atomic mass is 16.4. The van der Waals surface area contributed by atoms with Crippen LogP contribution in [0.25, 0.3) is 0 Å². The number of hydrogen-bond donors (Lipinski definition) is 3. The monoisotopic (exact) mass is 280 g/mol. The molecule has 7 heteroatoms. The largest absolute Gasteiger partial charge is 0.480 e. The number of nitrogens with one attached hydrogen (secondary N) is 2. The quantitative estimate of drug-likeness (QED) is 0.723. The number of aryl methyl sites for hydroxylation is 1. The van der Waals surface area contributed by atoms with Crippen LogP contribution in [0.3, 0.4) is 0 Å². The number of aromatic nitrogens is 2. The Morgan fingerprint density at radius 3 is 2.55 bits per heavy atom. The number of hydrogen-bond acceptors (Lipinski definition) is 4. The standard InChI is InChI=1S/C13H20N4O3/c1-4-8(2)11(12(18)19)17-13(20)16-7-10-6-14-9(3)5-15-10/h5-6,8,11H,4,7H2,1-3H3,(H,18,19)(H2,16,17,20)/t8-,11-/m0/s1. The number of rotatable bonds is 6. The molecule has 0 saturated carbocycles. The first-order valence-electron chi connectivity index (χ1n) is 6.48. The minimum atomic E-state index is -1.04. The molecule has 110 valence electrons. The Labute approximate surface area is 117 Å². The maximum Gasteiger partial charge on any atom is 0.326 e.